The summed E-state index contributed by atoms with van der Waals surface area (Å²) >= 11 is 0. The van der Waals surface area contributed by atoms with E-state index in [1.807, 2.05) is 6.07 Å². The first kappa shape index (κ1) is 14.4. The maximum atomic E-state index is 10.8. The van der Waals surface area contributed by atoms with Crippen molar-refractivity contribution in [3.05, 3.63) is 39.9 Å². The van der Waals surface area contributed by atoms with Crippen LogP contribution < -0.4 is 0 Å². The van der Waals surface area contributed by atoms with E-state index in [2.05, 4.69) is 11.8 Å². The number of ether oxygens (including phenoxy) is 2. The summed E-state index contributed by atoms with van der Waals surface area (Å²) in [6.07, 6.45) is 1.02. The first-order valence-electron chi connectivity index (χ1n) is 7.30. The Hall–Kier alpha value is -1.50. The van der Waals surface area contributed by atoms with E-state index in [1.165, 1.54) is 6.07 Å². The number of non-ortho nitro benzene ring substituents is 1. The number of hydrogen-bond acceptors (Lipinski definition) is 5. The smallest absolute Gasteiger partial charge is 0.269 e. The fourth-order valence-corrected chi connectivity index (χ4v) is 3.20. The van der Waals surface area contributed by atoms with Crippen LogP contribution in [0.1, 0.15) is 18.9 Å². The van der Waals surface area contributed by atoms with E-state index in [0.717, 1.165) is 31.7 Å². The molecule has 0 aliphatic carbocycles. The lowest BCUT2D eigenvalue weighted by molar-refractivity contribution is -0.384. The molecule has 1 aromatic rings. The fourth-order valence-electron chi connectivity index (χ4n) is 3.20. The van der Waals surface area contributed by atoms with E-state index in [0.29, 0.717) is 13.2 Å². The van der Waals surface area contributed by atoms with Crippen LogP contribution in [0.4, 0.5) is 5.69 Å². The van der Waals surface area contributed by atoms with Crippen molar-refractivity contribution in [1.29, 1.82) is 0 Å². The third-order valence-electron chi connectivity index (χ3n) is 4.45. The monoisotopic (exact) mass is 292 g/mol. The van der Waals surface area contributed by atoms with Gasteiger partial charge in [0.15, 0.2) is 0 Å². The molecule has 1 aromatic carbocycles. The molecule has 0 amide bonds. The second-order valence-corrected chi connectivity index (χ2v) is 5.81. The predicted octanol–water partition coefficient (Wildman–Crippen LogP) is 1.97. The lowest BCUT2D eigenvalue weighted by Gasteiger charge is -2.42. The zero-order chi connectivity index (χ0) is 14.9. The van der Waals surface area contributed by atoms with Crippen molar-refractivity contribution in [2.24, 2.45) is 0 Å². The Bertz CT molecular complexity index is 536. The molecule has 114 valence electrons. The van der Waals surface area contributed by atoms with Gasteiger partial charge in [-0.25, -0.2) is 0 Å². The van der Waals surface area contributed by atoms with Gasteiger partial charge in [0.25, 0.3) is 5.69 Å². The minimum atomic E-state index is -0.350. The van der Waals surface area contributed by atoms with Crippen LogP contribution in [0.25, 0.3) is 0 Å². The Morgan fingerprint density at radius 1 is 1.48 bits per heavy atom. The Morgan fingerprint density at radius 3 is 3.05 bits per heavy atom. The third kappa shape index (κ3) is 2.92. The van der Waals surface area contributed by atoms with E-state index in [1.54, 1.807) is 12.1 Å². The second kappa shape index (κ2) is 5.71. The Morgan fingerprint density at radius 2 is 2.33 bits per heavy atom. The molecule has 2 aliphatic heterocycles. The second-order valence-electron chi connectivity index (χ2n) is 5.81. The van der Waals surface area contributed by atoms with Gasteiger partial charge in [0, 0.05) is 44.8 Å². The van der Waals surface area contributed by atoms with Crippen molar-refractivity contribution < 1.29 is 14.4 Å². The lowest BCUT2D eigenvalue weighted by atomic mass is 9.94. The summed E-state index contributed by atoms with van der Waals surface area (Å²) in [5.41, 5.74) is 0.903. The number of morpholine rings is 1. The summed E-state index contributed by atoms with van der Waals surface area (Å²) < 4.78 is 11.6. The van der Waals surface area contributed by atoms with Crippen LogP contribution in [0.15, 0.2) is 24.3 Å². The van der Waals surface area contributed by atoms with Crippen molar-refractivity contribution in [3.63, 3.8) is 0 Å². The van der Waals surface area contributed by atoms with E-state index >= 15 is 0 Å². The minimum absolute atomic E-state index is 0.102. The molecular weight excluding hydrogens is 272 g/mol. The molecular formula is C15H20N2O4. The molecule has 6 nitrogen and oxygen atoms in total. The predicted molar refractivity (Wildman–Crippen MR) is 77.1 cm³/mol. The Labute approximate surface area is 123 Å². The molecule has 0 bridgehead atoms. The summed E-state index contributed by atoms with van der Waals surface area (Å²) in [4.78, 5) is 12.8. The van der Waals surface area contributed by atoms with Crippen molar-refractivity contribution in [2.45, 2.75) is 31.6 Å². The molecule has 2 aliphatic rings. The molecule has 0 saturated carbocycles. The van der Waals surface area contributed by atoms with Crippen LogP contribution in [-0.4, -0.2) is 47.8 Å². The van der Waals surface area contributed by atoms with Crippen molar-refractivity contribution in [3.8, 4) is 0 Å². The first-order chi connectivity index (χ1) is 10.1. The van der Waals surface area contributed by atoms with Gasteiger partial charge in [-0.2, -0.15) is 0 Å². The zero-order valence-corrected chi connectivity index (χ0v) is 12.2. The van der Waals surface area contributed by atoms with Crippen molar-refractivity contribution in [2.75, 3.05) is 26.3 Å². The summed E-state index contributed by atoms with van der Waals surface area (Å²) in [5, 5.41) is 10.8. The average Bonchev–Trinajstić information content (AvgIpc) is 2.80. The fraction of sp³-hybridized carbons (Fsp3) is 0.600. The van der Waals surface area contributed by atoms with Crippen LogP contribution >= 0.6 is 0 Å². The zero-order valence-electron chi connectivity index (χ0n) is 12.2. The van der Waals surface area contributed by atoms with Crippen LogP contribution in [0.2, 0.25) is 0 Å². The molecule has 2 heterocycles. The first-order valence-corrected chi connectivity index (χ1v) is 7.30. The highest BCUT2D eigenvalue weighted by Crippen LogP contribution is 2.33. The molecule has 3 rings (SSSR count). The van der Waals surface area contributed by atoms with E-state index < -0.39 is 0 Å². The van der Waals surface area contributed by atoms with Gasteiger partial charge in [0.1, 0.15) is 5.60 Å². The maximum Gasteiger partial charge on any atom is 0.269 e. The number of benzene rings is 1. The topological polar surface area (TPSA) is 64.8 Å². The molecule has 0 aromatic heterocycles. The van der Waals surface area contributed by atoms with E-state index in [4.69, 9.17) is 9.47 Å². The summed E-state index contributed by atoms with van der Waals surface area (Å²) in [7, 11) is 0. The molecule has 2 fully saturated rings. The lowest BCUT2D eigenvalue weighted by Crippen LogP contribution is -2.55. The van der Waals surface area contributed by atoms with Crippen molar-refractivity contribution in [1.82, 2.24) is 4.90 Å². The van der Waals surface area contributed by atoms with Gasteiger partial charge in [-0.3, -0.25) is 15.0 Å². The summed E-state index contributed by atoms with van der Waals surface area (Å²) in [6, 6.07) is 6.85. The van der Waals surface area contributed by atoms with E-state index in [-0.39, 0.29) is 22.3 Å². The van der Waals surface area contributed by atoms with Gasteiger partial charge in [0.2, 0.25) is 0 Å². The maximum absolute atomic E-state index is 10.8. The van der Waals surface area contributed by atoms with Crippen LogP contribution in [0, 0.1) is 10.1 Å². The van der Waals surface area contributed by atoms with Crippen LogP contribution in [0.5, 0.6) is 0 Å². The molecule has 0 radical (unpaired) electrons. The molecule has 0 N–H and O–H groups in total. The average molecular weight is 292 g/mol. The standard InChI is InChI=1S/C15H20N2O4/c1-12-15(5-7-20-12)11-16(6-8-21-15)10-13-3-2-4-14(9-13)17(18)19/h2-4,9,12H,5-8,10-11H2,1H3/t12-,15+/m1/s1. The number of hydrogen-bond donors (Lipinski definition) is 0. The molecule has 2 atom stereocenters. The molecule has 21 heavy (non-hydrogen) atoms. The van der Waals surface area contributed by atoms with Gasteiger partial charge in [-0.1, -0.05) is 12.1 Å². The van der Waals surface area contributed by atoms with Crippen molar-refractivity contribution >= 4 is 5.69 Å². The van der Waals surface area contributed by atoms with Gasteiger partial charge >= 0.3 is 0 Å². The highest BCUT2D eigenvalue weighted by atomic mass is 16.6. The highest BCUT2D eigenvalue weighted by molar-refractivity contribution is 5.34. The van der Waals surface area contributed by atoms with E-state index in [9.17, 15) is 10.1 Å². The quantitative estimate of drug-likeness (QED) is 0.629. The molecule has 6 heteroatoms. The molecule has 2 saturated heterocycles. The van der Waals surface area contributed by atoms with Gasteiger partial charge in [-0.15, -0.1) is 0 Å². The molecule has 1 spiro atoms. The highest BCUT2D eigenvalue weighted by Gasteiger charge is 2.45. The molecule has 0 unspecified atom stereocenters. The Kier molecular flexibility index (Phi) is 3.93. The number of nitro groups is 1. The largest absolute Gasteiger partial charge is 0.375 e. The van der Waals surface area contributed by atoms with Crippen LogP contribution in [-0.2, 0) is 16.0 Å². The number of nitrogens with zero attached hydrogens (tertiary/aromatic N) is 2. The summed E-state index contributed by atoms with van der Waals surface area (Å²) in [5.74, 6) is 0. The normalized spacial score (nSPS) is 29.9. The van der Waals surface area contributed by atoms with Gasteiger partial charge in [0.05, 0.1) is 17.6 Å². The number of rotatable bonds is 3. The van der Waals surface area contributed by atoms with Crippen LogP contribution in [0.3, 0.4) is 0 Å². The SMILES string of the molecule is C[C@H]1OCC[C@]12CN(Cc1cccc([N+](=O)[O-])c1)CCO2. The summed E-state index contributed by atoms with van der Waals surface area (Å²) in [6.45, 7) is 5.85. The third-order valence-corrected chi connectivity index (χ3v) is 4.45. The van der Waals surface area contributed by atoms with Gasteiger partial charge < -0.3 is 9.47 Å². The number of nitro benzene ring substituents is 1. The van der Waals surface area contributed by atoms with Gasteiger partial charge in [-0.05, 0) is 12.5 Å². The minimum Gasteiger partial charge on any atom is -0.375 e. The Balaban J connectivity index is 1.70.